The van der Waals surface area contributed by atoms with E-state index in [0.29, 0.717) is 25.1 Å². The van der Waals surface area contributed by atoms with Crippen LogP contribution in [0.15, 0.2) is 53.6 Å². The molecule has 2 aromatic carbocycles. The molecule has 0 radical (unpaired) electrons. The van der Waals surface area contributed by atoms with Crippen molar-refractivity contribution in [3.63, 3.8) is 0 Å². The van der Waals surface area contributed by atoms with Gasteiger partial charge in [0.1, 0.15) is 5.75 Å². The molecule has 0 aromatic heterocycles. The van der Waals surface area contributed by atoms with Gasteiger partial charge >= 0.3 is 0 Å². The van der Waals surface area contributed by atoms with Crippen LogP contribution in [0.3, 0.4) is 0 Å². The third-order valence-electron chi connectivity index (χ3n) is 5.19. The maximum Gasteiger partial charge on any atom is 0.270 e. The number of benzene rings is 2. The molecule has 1 N–H and O–H groups in total. The van der Waals surface area contributed by atoms with Crippen molar-refractivity contribution in [2.75, 3.05) is 18.1 Å². The maximum atomic E-state index is 13.7. The van der Waals surface area contributed by atoms with Gasteiger partial charge in [-0.1, -0.05) is 30.3 Å². The number of carbonyl (C=O) groups excluding carboxylic acids is 3. The molecule has 0 saturated heterocycles. The molecule has 0 fully saturated rings. The van der Waals surface area contributed by atoms with Crippen molar-refractivity contribution in [2.24, 2.45) is 5.10 Å². The first kappa shape index (κ1) is 21.9. The number of fused-ring (bicyclic) bond motifs is 2. The molecule has 9 heteroatoms. The Bertz CT molecular complexity index is 1120. The second kappa shape index (κ2) is 8.66. The van der Waals surface area contributed by atoms with Crippen LogP contribution in [0.5, 0.6) is 5.75 Å². The third kappa shape index (κ3) is 3.84. The van der Waals surface area contributed by atoms with Crippen molar-refractivity contribution >= 4 is 40.3 Å². The van der Waals surface area contributed by atoms with Crippen LogP contribution in [-0.2, 0) is 19.3 Å². The van der Waals surface area contributed by atoms with Crippen LogP contribution in [0.25, 0.3) is 0 Å². The fraction of sp³-hybridized carbons (Fsp3) is 0.304. The third-order valence-corrected chi connectivity index (χ3v) is 6.43. The van der Waals surface area contributed by atoms with Gasteiger partial charge in [-0.15, -0.1) is 5.10 Å². The van der Waals surface area contributed by atoms with Gasteiger partial charge in [-0.25, -0.2) is 0 Å². The predicted molar refractivity (Wildman–Crippen MR) is 123 cm³/mol. The minimum absolute atomic E-state index is 0.223. The number of nitrogens with one attached hydrogen (secondary N) is 1. The zero-order valence-electron chi connectivity index (χ0n) is 18.1. The second-order valence-corrected chi connectivity index (χ2v) is 8.84. The number of rotatable bonds is 5. The summed E-state index contributed by atoms with van der Waals surface area (Å²) in [6.07, 6.45) is 0.605. The zero-order valence-corrected chi connectivity index (χ0v) is 18.9. The van der Waals surface area contributed by atoms with Crippen LogP contribution in [0, 0.1) is 6.92 Å². The first-order valence-corrected chi connectivity index (χ1v) is 11.1. The van der Waals surface area contributed by atoms with Crippen molar-refractivity contribution in [3.8, 4) is 5.75 Å². The Morgan fingerprint density at radius 3 is 2.66 bits per heavy atom. The fourth-order valence-corrected chi connectivity index (χ4v) is 5.24. The highest BCUT2D eigenvalue weighted by atomic mass is 32.2. The number of hydrogen-bond donors (Lipinski definition) is 1. The summed E-state index contributed by atoms with van der Waals surface area (Å²) in [5, 5.41) is 8.26. The normalized spacial score (nSPS) is 19.2. The molecule has 32 heavy (non-hydrogen) atoms. The van der Waals surface area contributed by atoms with Crippen molar-refractivity contribution in [3.05, 3.63) is 59.7 Å². The summed E-state index contributed by atoms with van der Waals surface area (Å²) in [4.78, 5) is 38.0. The molecule has 166 valence electrons. The molecule has 8 nitrogen and oxygen atoms in total. The number of aryl methyl sites for hydroxylation is 1. The number of anilines is 1. The van der Waals surface area contributed by atoms with Crippen LogP contribution in [0.2, 0.25) is 0 Å². The van der Waals surface area contributed by atoms with Gasteiger partial charge in [0.25, 0.3) is 5.91 Å². The molecule has 0 aliphatic carbocycles. The highest BCUT2D eigenvalue weighted by molar-refractivity contribution is 8.15. The number of para-hydroxylation sites is 1. The highest BCUT2D eigenvalue weighted by Gasteiger charge is 2.60. The average molecular weight is 453 g/mol. The summed E-state index contributed by atoms with van der Waals surface area (Å²) in [6, 6.07) is 15.2. The molecule has 2 aliphatic rings. The standard InChI is InChI=1S/C23H24N4O4S/c1-15-8-6-9-18(14-15)31-13-7-12-26-20-11-5-4-10-19(20)23(21(26)30)27(17(3)29)25-22(32-23)24-16(2)28/h4-6,8-11,14H,7,12-13H2,1-3H3,(H,24,25,28). The van der Waals surface area contributed by atoms with Gasteiger partial charge in [-0.05, 0) is 48.9 Å². The van der Waals surface area contributed by atoms with Crippen molar-refractivity contribution in [1.82, 2.24) is 10.3 Å². The van der Waals surface area contributed by atoms with E-state index in [-0.39, 0.29) is 22.9 Å². The Labute approximate surface area is 190 Å². The van der Waals surface area contributed by atoms with E-state index in [1.165, 1.54) is 18.9 Å². The van der Waals surface area contributed by atoms with E-state index in [2.05, 4.69) is 10.4 Å². The lowest BCUT2D eigenvalue weighted by Gasteiger charge is -2.29. The molecule has 0 saturated carbocycles. The number of hydrogen-bond acceptors (Lipinski definition) is 6. The number of amidine groups is 1. The quantitative estimate of drug-likeness (QED) is 0.705. The van der Waals surface area contributed by atoms with Gasteiger partial charge in [0.15, 0.2) is 5.17 Å². The fourth-order valence-electron chi connectivity index (χ4n) is 3.90. The van der Waals surface area contributed by atoms with E-state index in [9.17, 15) is 14.4 Å². The molecule has 1 unspecified atom stereocenters. The Hall–Kier alpha value is -3.33. The smallest absolute Gasteiger partial charge is 0.270 e. The summed E-state index contributed by atoms with van der Waals surface area (Å²) in [5.41, 5.74) is 2.52. The van der Waals surface area contributed by atoms with Crippen LogP contribution in [0.1, 0.15) is 31.4 Å². The van der Waals surface area contributed by atoms with E-state index in [0.717, 1.165) is 28.8 Å². The van der Waals surface area contributed by atoms with Gasteiger partial charge in [0.05, 0.1) is 12.3 Å². The monoisotopic (exact) mass is 452 g/mol. The van der Waals surface area contributed by atoms with Gasteiger partial charge in [0, 0.05) is 26.0 Å². The molecule has 2 aromatic rings. The van der Waals surface area contributed by atoms with Gasteiger partial charge in [-0.2, -0.15) is 5.01 Å². The number of carbonyl (C=O) groups is 3. The number of thioether (sulfide) groups is 1. The average Bonchev–Trinajstić information content (AvgIpc) is 3.23. The number of ether oxygens (including phenoxy) is 1. The largest absolute Gasteiger partial charge is 0.494 e. The molecule has 0 bridgehead atoms. The van der Waals surface area contributed by atoms with Crippen molar-refractivity contribution in [1.29, 1.82) is 0 Å². The number of hydrazone groups is 1. The molecule has 2 aliphatic heterocycles. The van der Waals surface area contributed by atoms with Crippen LogP contribution in [-0.4, -0.2) is 41.0 Å². The van der Waals surface area contributed by atoms with Gasteiger partial charge in [-0.3, -0.25) is 14.4 Å². The molecule has 1 atom stereocenters. The topological polar surface area (TPSA) is 91.3 Å². The van der Waals surface area contributed by atoms with E-state index >= 15 is 0 Å². The lowest BCUT2D eigenvalue weighted by molar-refractivity contribution is -0.139. The lowest BCUT2D eigenvalue weighted by atomic mass is 10.1. The van der Waals surface area contributed by atoms with Gasteiger partial charge < -0.3 is 15.0 Å². The Morgan fingerprint density at radius 2 is 1.94 bits per heavy atom. The maximum absolute atomic E-state index is 13.7. The molecular weight excluding hydrogens is 428 g/mol. The Morgan fingerprint density at radius 1 is 1.16 bits per heavy atom. The minimum atomic E-state index is -1.36. The summed E-state index contributed by atoms with van der Waals surface area (Å²) in [5.74, 6) is -0.179. The molecule has 4 rings (SSSR count). The van der Waals surface area contributed by atoms with E-state index in [1.807, 2.05) is 55.5 Å². The first-order chi connectivity index (χ1) is 15.3. The summed E-state index contributed by atoms with van der Waals surface area (Å²) < 4.78 is 5.83. The van der Waals surface area contributed by atoms with Crippen LogP contribution >= 0.6 is 11.8 Å². The molecule has 3 amide bonds. The number of amides is 3. The zero-order chi connectivity index (χ0) is 22.9. The first-order valence-electron chi connectivity index (χ1n) is 10.3. The van der Waals surface area contributed by atoms with Crippen LogP contribution in [0.4, 0.5) is 5.69 Å². The Kier molecular flexibility index (Phi) is 5.92. The summed E-state index contributed by atoms with van der Waals surface area (Å²) >= 11 is 1.08. The second-order valence-electron chi connectivity index (χ2n) is 7.66. The van der Waals surface area contributed by atoms with Crippen LogP contribution < -0.4 is 15.0 Å². The summed E-state index contributed by atoms with van der Waals surface area (Å²) in [6.45, 7) is 5.59. The van der Waals surface area contributed by atoms with E-state index < -0.39 is 4.87 Å². The number of nitrogens with zero attached hydrogens (tertiary/aromatic N) is 3. The SMILES string of the molecule is CC(=O)NC1=NN(C(C)=O)C2(S1)C(=O)N(CCCOc1cccc(C)c1)c1ccccc12. The predicted octanol–water partition coefficient (Wildman–Crippen LogP) is 2.97. The molecule has 2 heterocycles. The highest BCUT2D eigenvalue weighted by Crippen LogP contribution is 2.54. The van der Waals surface area contributed by atoms with E-state index in [4.69, 9.17) is 4.74 Å². The molecular formula is C23H24N4O4S. The summed E-state index contributed by atoms with van der Waals surface area (Å²) in [7, 11) is 0. The van der Waals surface area contributed by atoms with Gasteiger partial charge in [0.2, 0.25) is 16.7 Å². The molecule has 1 spiro atoms. The van der Waals surface area contributed by atoms with Crippen molar-refractivity contribution < 1.29 is 19.1 Å². The Balaban J connectivity index is 1.55. The lowest BCUT2D eigenvalue weighted by Crippen LogP contribution is -2.48. The van der Waals surface area contributed by atoms with Crippen molar-refractivity contribution in [2.45, 2.75) is 32.1 Å². The minimum Gasteiger partial charge on any atom is -0.494 e. The van der Waals surface area contributed by atoms with E-state index in [1.54, 1.807) is 4.90 Å².